The number of fused-ring (bicyclic) bond motifs is 3. The molecule has 214 valence electrons. The third-order valence-corrected chi connectivity index (χ3v) is 8.13. The fourth-order valence-corrected chi connectivity index (χ4v) is 6.17. The van der Waals surface area contributed by atoms with Crippen molar-refractivity contribution in [1.29, 1.82) is 0 Å². The minimum absolute atomic E-state index is 0.168. The molecule has 0 fully saturated rings. The van der Waals surface area contributed by atoms with Crippen LogP contribution >= 0.6 is 31.9 Å². The van der Waals surface area contributed by atoms with E-state index in [4.69, 9.17) is 9.47 Å². The number of aliphatic hydroxyl groups is 2. The molecule has 2 unspecified atom stereocenters. The van der Waals surface area contributed by atoms with Gasteiger partial charge in [-0.2, -0.15) is 0 Å². The number of hydrogen-bond donors (Lipinski definition) is 4. The molecular formula is C31H28Br2O8. The number of rotatable bonds is 4. The molecule has 3 aromatic carbocycles. The molecule has 3 aromatic rings. The topological polar surface area (TPSA) is 134 Å². The minimum Gasteiger partial charge on any atom is -0.504 e. The first-order valence-corrected chi connectivity index (χ1v) is 14.3. The first kappa shape index (κ1) is 30.5. The SMILES string of the molecule is CC.COC(=O)C1=CC(C2(c3cc(O)c(O)c(C(=O)OC)c3)c3cc(Br)ccc3-c3ccc(Br)cc32)=CC(O)C1O. The molecule has 0 amide bonds. The standard InChI is InChI=1S/C29H22Br2O8.C2H6/c1-38-27(36)19-7-13(9-23(32)25(19)34)29(14-8-20(28(37)39-2)26(35)24(33)10-14)21-11-15(30)3-5-17(21)18-6-4-16(31)12-22(18)29;1-2/h3-12,23,25,32-35H,1-2H3;1-2H3. The zero-order chi connectivity index (χ0) is 30.2. The van der Waals surface area contributed by atoms with E-state index >= 15 is 0 Å². The number of carbonyl (C=O) groups excluding carboxylic acids is 2. The molecule has 2 atom stereocenters. The Labute approximate surface area is 253 Å². The van der Waals surface area contributed by atoms with Gasteiger partial charge in [-0.25, -0.2) is 9.59 Å². The summed E-state index contributed by atoms with van der Waals surface area (Å²) in [7, 11) is 2.33. The van der Waals surface area contributed by atoms with Crippen LogP contribution in [0.15, 0.2) is 80.8 Å². The lowest BCUT2D eigenvalue weighted by atomic mass is 9.65. The number of phenolic OH excluding ortho intramolecular Hbond substituents is 2. The number of methoxy groups -OCH3 is 2. The van der Waals surface area contributed by atoms with Crippen LogP contribution in [0.3, 0.4) is 0 Å². The predicted octanol–water partition coefficient (Wildman–Crippen LogP) is 5.51. The molecule has 4 N–H and O–H groups in total. The number of carbonyl (C=O) groups is 2. The molecule has 0 aliphatic heterocycles. The number of aromatic hydroxyl groups is 2. The third kappa shape index (κ3) is 4.88. The lowest BCUT2D eigenvalue weighted by Crippen LogP contribution is -2.38. The van der Waals surface area contributed by atoms with Gasteiger partial charge in [-0.1, -0.05) is 57.8 Å². The summed E-state index contributed by atoms with van der Waals surface area (Å²) in [6, 6.07) is 14.0. The lowest BCUT2D eigenvalue weighted by molar-refractivity contribution is -0.138. The fourth-order valence-electron chi connectivity index (χ4n) is 5.45. The third-order valence-electron chi connectivity index (χ3n) is 7.15. The Bertz CT molecular complexity index is 1560. The Morgan fingerprint density at radius 2 is 1.37 bits per heavy atom. The van der Waals surface area contributed by atoms with Crippen LogP contribution in [-0.2, 0) is 19.7 Å². The number of phenols is 2. The number of benzene rings is 3. The number of ether oxygens (including phenoxy) is 2. The highest BCUT2D eigenvalue weighted by molar-refractivity contribution is 9.10. The molecule has 5 rings (SSSR count). The Hall–Kier alpha value is -3.44. The van der Waals surface area contributed by atoms with E-state index in [1.165, 1.54) is 31.4 Å². The molecule has 41 heavy (non-hydrogen) atoms. The van der Waals surface area contributed by atoms with Crippen molar-refractivity contribution in [2.45, 2.75) is 31.5 Å². The molecule has 2 aliphatic rings. The Balaban J connectivity index is 0.00000189. The smallest absolute Gasteiger partial charge is 0.341 e. The number of hydrogen-bond acceptors (Lipinski definition) is 8. The van der Waals surface area contributed by atoms with Gasteiger partial charge in [-0.05, 0) is 81.9 Å². The minimum atomic E-state index is -1.54. The lowest BCUT2D eigenvalue weighted by Gasteiger charge is -2.38. The van der Waals surface area contributed by atoms with Crippen LogP contribution in [0.4, 0.5) is 0 Å². The Morgan fingerprint density at radius 3 is 1.88 bits per heavy atom. The van der Waals surface area contributed by atoms with Crippen molar-refractivity contribution in [3.8, 4) is 22.6 Å². The van der Waals surface area contributed by atoms with E-state index in [-0.39, 0.29) is 11.1 Å². The van der Waals surface area contributed by atoms with Crippen LogP contribution in [0.25, 0.3) is 11.1 Å². The van der Waals surface area contributed by atoms with Gasteiger partial charge in [0.25, 0.3) is 0 Å². The van der Waals surface area contributed by atoms with Crippen LogP contribution in [-0.4, -0.2) is 58.8 Å². The molecule has 10 heteroatoms. The van der Waals surface area contributed by atoms with Gasteiger partial charge in [-0.15, -0.1) is 0 Å². The average molecular weight is 688 g/mol. The summed E-state index contributed by atoms with van der Waals surface area (Å²) in [4.78, 5) is 25.3. The normalized spacial score (nSPS) is 18.1. The Kier molecular flexibility index (Phi) is 8.79. The summed E-state index contributed by atoms with van der Waals surface area (Å²) in [5.41, 5.74) is 1.96. The Morgan fingerprint density at radius 1 is 0.829 bits per heavy atom. The van der Waals surface area contributed by atoms with Crippen LogP contribution in [0, 0.1) is 0 Å². The van der Waals surface area contributed by atoms with Gasteiger partial charge in [0.05, 0.1) is 25.2 Å². The number of halogens is 2. The van der Waals surface area contributed by atoms with Crippen LogP contribution in [0.5, 0.6) is 11.5 Å². The van der Waals surface area contributed by atoms with Crippen molar-refractivity contribution in [1.82, 2.24) is 0 Å². The molecule has 0 saturated heterocycles. The summed E-state index contributed by atoms with van der Waals surface area (Å²) in [5.74, 6) is -2.92. The van der Waals surface area contributed by atoms with E-state index < -0.39 is 41.1 Å². The number of esters is 2. The molecule has 0 spiro atoms. The molecular weight excluding hydrogens is 660 g/mol. The van der Waals surface area contributed by atoms with E-state index in [0.717, 1.165) is 27.2 Å². The average Bonchev–Trinajstić information content (AvgIpc) is 3.25. The van der Waals surface area contributed by atoms with Gasteiger partial charge < -0.3 is 29.9 Å². The zero-order valence-electron chi connectivity index (χ0n) is 22.6. The van der Waals surface area contributed by atoms with E-state index in [0.29, 0.717) is 22.3 Å². The highest BCUT2D eigenvalue weighted by Crippen LogP contribution is 2.59. The fraction of sp³-hybridized carbons (Fsp3) is 0.226. The molecule has 0 saturated carbocycles. The zero-order valence-corrected chi connectivity index (χ0v) is 25.8. The molecule has 0 heterocycles. The number of allylic oxidation sites excluding steroid dienone is 2. The summed E-state index contributed by atoms with van der Waals surface area (Å²) in [6.45, 7) is 4.00. The van der Waals surface area contributed by atoms with Crippen LogP contribution in [0.1, 0.15) is 40.9 Å². The van der Waals surface area contributed by atoms with E-state index in [1.54, 1.807) is 0 Å². The molecule has 2 aliphatic carbocycles. The second kappa shape index (κ2) is 11.8. The molecule has 0 radical (unpaired) electrons. The predicted molar refractivity (Wildman–Crippen MR) is 160 cm³/mol. The van der Waals surface area contributed by atoms with Crippen molar-refractivity contribution in [2.75, 3.05) is 14.2 Å². The monoisotopic (exact) mass is 686 g/mol. The highest BCUT2D eigenvalue weighted by Gasteiger charge is 2.50. The van der Waals surface area contributed by atoms with E-state index in [2.05, 4.69) is 31.9 Å². The van der Waals surface area contributed by atoms with Crippen molar-refractivity contribution in [3.63, 3.8) is 0 Å². The number of aliphatic hydroxyl groups excluding tert-OH is 2. The van der Waals surface area contributed by atoms with Crippen molar-refractivity contribution in [3.05, 3.63) is 103 Å². The van der Waals surface area contributed by atoms with Gasteiger partial charge >= 0.3 is 11.9 Å². The molecule has 0 bridgehead atoms. The maximum Gasteiger partial charge on any atom is 0.341 e. The van der Waals surface area contributed by atoms with Gasteiger partial charge in [0, 0.05) is 8.95 Å². The maximum atomic E-state index is 12.7. The van der Waals surface area contributed by atoms with Crippen molar-refractivity contribution in [2.24, 2.45) is 0 Å². The van der Waals surface area contributed by atoms with E-state index in [9.17, 15) is 30.0 Å². The van der Waals surface area contributed by atoms with Gasteiger partial charge in [0.1, 0.15) is 17.8 Å². The molecule has 0 aromatic heterocycles. The summed E-state index contributed by atoms with van der Waals surface area (Å²) in [6.07, 6.45) is -0.137. The van der Waals surface area contributed by atoms with Crippen LogP contribution in [0.2, 0.25) is 0 Å². The highest BCUT2D eigenvalue weighted by atomic mass is 79.9. The van der Waals surface area contributed by atoms with Gasteiger partial charge in [-0.3, -0.25) is 0 Å². The first-order valence-electron chi connectivity index (χ1n) is 12.7. The largest absolute Gasteiger partial charge is 0.504 e. The van der Waals surface area contributed by atoms with Crippen molar-refractivity contribution < 1.29 is 39.5 Å². The van der Waals surface area contributed by atoms with E-state index in [1.807, 2.05) is 50.2 Å². The summed E-state index contributed by atoms with van der Waals surface area (Å²) >= 11 is 7.09. The summed E-state index contributed by atoms with van der Waals surface area (Å²) in [5, 5.41) is 42.9. The second-order valence-electron chi connectivity index (χ2n) is 9.16. The quantitative estimate of drug-likeness (QED) is 0.209. The van der Waals surface area contributed by atoms with Crippen LogP contribution < -0.4 is 0 Å². The first-order chi connectivity index (χ1) is 19.5. The summed E-state index contributed by atoms with van der Waals surface area (Å²) < 4.78 is 11.2. The van der Waals surface area contributed by atoms with Crippen molar-refractivity contribution >= 4 is 43.8 Å². The van der Waals surface area contributed by atoms with Gasteiger partial charge in [0.2, 0.25) is 0 Å². The van der Waals surface area contributed by atoms with Gasteiger partial charge in [0.15, 0.2) is 11.5 Å². The molecule has 8 nitrogen and oxygen atoms in total. The second-order valence-corrected chi connectivity index (χ2v) is 11.0. The maximum absolute atomic E-state index is 12.7.